The van der Waals surface area contributed by atoms with Crippen molar-refractivity contribution in [2.24, 2.45) is 0 Å². The number of aromatic nitrogens is 2. The van der Waals surface area contributed by atoms with E-state index in [9.17, 15) is 0 Å². The van der Waals surface area contributed by atoms with E-state index in [0.717, 1.165) is 37.3 Å². The topological polar surface area (TPSA) is 37.8 Å². The average Bonchev–Trinajstić information content (AvgIpc) is 2.24. The Morgan fingerprint density at radius 2 is 2.27 bits per heavy atom. The lowest BCUT2D eigenvalue weighted by Crippen LogP contribution is -2.06. The van der Waals surface area contributed by atoms with Crippen molar-refractivity contribution < 1.29 is 0 Å². The molecule has 3 nitrogen and oxygen atoms in total. The van der Waals surface area contributed by atoms with E-state index in [1.54, 1.807) is 6.33 Å². The summed E-state index contributed by atoms with van der Waals surface area (Å²) < 4.78 is 0. The predicted octanol–water partition coefficient (Wildman–Crippen LogP) is 2.86. The highest BCUT2D eigenvalue weighted by Crippen LogP contribution is 2.07. The molecule has 0 aliphatic rings. The lowest BCUT2D eigenvalue weighted by atomic mass is 10.2. The molecular formula is C11H18ClN3. The van der Waals surface area contributed by atoms with Crippen molar-refractivity contribution in [2.45, 2.75) is 38.5 Å². The molecule has 84 valence electrons. The maximum atomic E-state index is 5.85. The minimum Gasteiger partial charge on any atom is -0.370 e. The summed E-state index contributed by atoms with van der Waals surface area (Å²) >= 11 is 5.85. The van der Waals surface area contributed by atoms with Crippen LogP contribution in [0.1, 0.15) is 32.4 Å². The molecule has 0 fully saturated rings. The second-order valence-corrected chi connectivity index (χ2v) is 4.34. The molecular weight excluding hydrogens is 210 g/mol. The number of hydrogen-bond donors (Lipinski definition) is 1. The monoisotopic (exact) mass is 227 g/mol. The Morgan fingerprint density at radius 3 is 2.93 bits per heavy atom. The van der Waals surface area contributed by atoms with Crippen LogP contribution in [-0.4, -0.2) is 21.9 Å². The van der Waals surface area contributed by atoms with Gasteiger partial charge in [0, 0.05) is 23.7 Å². The van der Waals surface area contributed by atoms with Gasteiger partial charge in [0.2, 0.25) is 0 Å². The number of anilines is 1. The van der Waals surface area contributed by atoms with Gasteiger partial charge in [0.05, 0.1) is 0 Å². The van der Waals surface area contributed by atoms with Gasteiger partial charge in [0.15, 0.2) is 0 Å². The Hall–Kier alpha value is -0.830. The third-order valence-corrected chi connectivity index (χ3v) is 2.39. The fourth-order valence-corrected chi connectivity index (χ4v) is 1.44. The van der Waals surface area contributed by atoms with Gasteiger partial charge in [0.1, 0.15) is 12.1 Å². The number of alkyl halides is 1. The van der Waals surface area contributed by atoms with Crippen LogP contribution in [-0.2, 0) is 6.42 Å². The van der Waals surface area contributed by atoms with Crippen molar-refractivity contribution in [2.75, 3.05) is 11.9 Å². The smallest absolute Gasteiger partial charge is 0.129 e. The van der Waals surface area contributed by atoms with Gasteiger partial charge >= 0.3 is 0 Å². The molecule has 0 aliphatic carbocycles. The Kier molecular flexibility index (Phi) is 5.40. The Labute approximate surface area is 96.3 Å². The van der Waals surface area contributed by atoms with E-state index in [1.165, 1.54) is 0 Å². The highest BCUT2D eigenvalue weighted by molar-refractivity contribution is 6.20. The highest BCUT2D eigenvalue weighted by atomic mass is 35.5. The van der Waals surface area contributed by atoms with E-state index in [1.807, 2.05) is 13.0 Å². The van der Waals surface area contributed by atoms with Crippen molar-refractivity contribution in [1.82, 2.24) is 9.97 Å². The predicted molar refractivity (Wildman–Crippen MR) is 64.4 cm³/mol. The fraction of sp³-hybridized carbons (Fsp3) is 0.636. The molecule has 0 aliphatic heterocycles. The maximum absolute atomic E-state index is 5.85. The molecule has 15 heavy (non-hydrogen) atoms. The Bertz CT molecular complexity index is 289. The highest BCUT2D eigenvalue weighted by Gasteiger charge is 1.98. The minimum atomic E-state index is 0.253. The van der Waals surface area contributed by atoms with Crippen LogP contribution >= 0.6 is 11.6 Å². The van der Waals surface area contributed by atoms with Crippen molar-refractivity contribution in [3.05, 3.63) is 18.1 Å². The summed E-state index contributed by atoms with van der Waals surface area (Å²) in [5.74, 6) is 0.907. The van der Waals surface area contributed by atoms with Crippen LogP contribution < -0.4 is 5.32 Å². The minimum absolute atomic E-state index is 0.253. The van der Waals surface area contributed by atoms with Crippen LogP contribution in [0.5, 0.6) is 0 Å². The van der Waals surface area contributed by atoms with E-state index < -0.39 is 0 Å². The summed E-state index contributed by atoms with van der Waals surface area (Å²) in [4.78, 5) is 8.29. The van der Waals surface area contributed by atoms with Gasteiger partial charge in [-0.05, 0) is 26.2 Å². The number of hydrogen-bond acceptors (Lipinski definition) is 3. The molecule has 0 saturated heterocycles. The fourth-order valence-electron chi connectivity index (χ4n) is 1.29. The van der Waals surface area contributed by atoms with Gasteiger partial charge in [-0.3, -0.25) is 0 Å². The van der Waals surface area contributed by atoms with E-state index in [2.05, 4.69) is 22.2 Å². The molecule has 1 aromatic heterocycles. The summed E-state index contributed by atoms with van der Waals surface area (Å²) in [6.45, 7) is 5.01. The van der Waals surface area contributed by atoms with E-state index >= 15 is 0 Å². The number of aryl methyl sites for hydroxylation is 1. The van der Waals surface area contributed by atoms with Gasteiger partial charge in [-0.2, -0.15) is 0 Å². The molecule has 0 spiro atoms. The second-order valence-electron chi connectivity index (χ2n) is 3.60. The van der Waals surface area contributed by atoms with Gasteiger partial charge in [-0.15, -0.1) is 11.6 Å². The number of nitrogens with one attached hydrogen (secondary N) is 1. The molecule has 0 amide bonds. The lowest BCUT2D eigenvalue weighted by molar-refractivity contribution is 0.748. The zero-order valence-corrected chi connectivity index (χ0v) is 10.1. The molecule has 4 heteroatoms. The van der Waals surface area contributed by atoms with Crippen molar-refractivity contribution in [3.63, 3.8) is 0 Å². The first-order valence-corrected chi connectivity index (χ1v) is 5.85. The number of rotatable bonds is 6. The largest absolute Gasteiger partial charge is 0.370 e. The Balaban J connectivity index is 2.30. The van der Waals surface area contributed by atoms with E-state index in [4.69, 9.17) is 11.6 Å². The third-order valence-electron chi connectivity index (χ3n) is 2.17. The molecule has 0 bridgehead atoms. The molecule has 1 N–H and O–H groups in total. The summed E-state index contributed by atoms with van der Waals surface area (Å²) in [5.41, 5.74) is 1.07. The first-order valence-electron chi connectivity index (χ1n) is 5.41. The maximum Gasteiger partial charge on any atom is 0.129 e. The average molecular weight is 228 g/mol. The first-order chi connectivity index (χ1) is 7.22. The van der Waals surface area contributed by atoms with Gasteiger partial charge < -0.3 is 5.32 Å². The quantitative estimate of drug-likeness (QED) is 0.600. The summed E-state index contributed by atoms with van der Waals surface area (Å²) in [6, 6.07) is 1.99. The van der Waals surface area contributed by atoms with Gasteiger partial charge in [-0.25, -0.2) is 9.97 Å². The molecule has 1 heterocycles. The van der Waals surface area contributed by atoms with Crippen LogP contribution in [0.25, 0.3) is 0 Å². The molecule has 0 saturated carbocycles. The standard InChI is InChI=1S/C11H18ClN3/c1-3-10-7-11(15-8-14-10)13-6-4-5-9(2)12/h7-9H,3-6H2,1-2H3,(H,13,14,15). The zero-order chi connectivity index (χ0) is 11.1. The molecule has 0 aromatic carbocycles. The molecule has 1 aromatic rings. The van der Waals surface area contributed by atoms with E-state index in [0.29, 0.717) is 0 Å². The summed E-state index contributed by atoms with van der Waals surface area (Å²) in [7, 11) is 0. The third kappa shape index (κ3) is 4.98. The zero-order valence-electron chi connectivity index (χ0n) is 9.33. The van der Waals surface area contributed by atoms with Crippen LogP contribution in [0.3, 0.4) is 0 Å². The van der Waals surface area contributed by atoms with Crippen LogP contribution in [0.15, 0.2) is 12.4 Å². The van der Waals surface area contributed by atoms with Crippen molar-refractivity contribution in [3.8, 4) is 0 Å². The van der Waals surface area contributed by atoms with Crippen molar-refractivity contribution >= 4 is 17.4 Å². The van der Waals surface area contributed by atoms with E-state index in [-0.39, 0.29) is 5.38 Å². The second kappa shape index (κ2) is 6.62. The van der Waals surface area contributed by atoms with Gasteiger partial charge in [0.25, 0.3) is 0 Å². The van der Waals surface area contributed by atoms with Crippen molar-refractivity contribution in [1.29, 1.82) is 0 Å². The first kappa shape index (κ1) is 12.2. The molecule has 1 unspecified atom stereocenters. The number of halogens is 1. The normalized spacial score (nSPS) is 12.5. The SMILES string of the molecule is CCc1cc(NCCCC(C)Cl)ncn1. The van der Waals surface area contributed by atoms with Gasteiger partial charge in [-0.1, -0.05) is 6.92 Å². The summed E-state index contributed by atoms with van der Waals surface area (Å²) in [5, 5.41) is 3.52. The van der Waals surface area contributed by atoms with Crippen LogP contribution in [0, 0.1) is 0 Å². The molecule has 1 atom stereocenters. The summed E-state index contributed by atoms with van der Waals surface area (Å²) in [6.07, 6.45) is 4.64. The number of nitrogens with zero attached hydrogens (tertiary/aromatic N) is 2. The molecule has 0 radical (unpaired) electrons. The Morgan fingerprint density at radius 1 is 1.47 bits per heavy atom. The molecule has 1 rings (SSSR count). The van der Waals surface area contributed by atoms with Crippen LogP contribution in [0.2, 0.25) is 0 Å². The van der Waals surface area contributed by atoms with Crippen LogP contribution in [0.4, 0.5) is 5.82 Å². The lowest BCUT2D eigenvalue weighted by Gasteiger charge is -2.06.